The highest BCUT2D eigenvalue weighted by Crippen LogP contribution is 2.28. The molecule has 0 bridgehead atoms. The van der Waals surface area contributed by atoms with Crippen molar-refractivity contribution in [1.29, 1.82) is 0 Å². The molecule has 0 aromatic heterocycles. The maximum Gasteiger partial charge on any atom is 0.323 e. The van der Waals surface area contributed by atoms with Gasteiger partial charge in [0.25, 0.3) is 11.8 Å². The van der Waals surface area contributed by atoms with E-state index < -0.39 is 47.4 Å². The smallest absolute Gasteiger partial charge is 0.323 e. The Kier molecular flexibility index (Phi) is 13.0. The zero-order chi connectivity index (χ0) is 38.3. The topological polar surface area (TPSA) is 146 Å². The zero-order valence-electron chi connectivity index (χ0n) is 31.6. The van der Waals surface area contributed by atoms with Crippen LogP contribution in [0.3, 0.4) is 0 Å². The number of hydrogen-bond donors (Lipinski definition) is 3. The van der Waals surface area contributed by atoms with Crippen LogP contribution in [0.2, 0.25) is 0 Å². The van der Waals surface area contributed by atoms with E-state index in [2.05, 4.69) is 20.9 Å². The molecule has 3 aromatic carbocycles. The van der Waals surface area contributed by atoms with Crippen LogP contribution >= 0.6 is 0 Å². The number of imide groups is 1. The summed E-state index contributed by atoms with van der Waals surface area (Å²) in [6, 6.07) is 17.6. The van der Waals surface area contributed by atoms with Gasteiger partial charge in [-0.15, -0.1) is 0 Å². The molecule has 5 rings (SSSR count). The van der Waals surface area contributed by atoms with Crippen LogP contribution in [0.4, 0.5) is 0 Å². The Balaban J connectivity index is 1.35. The van der Waals surface area contributed by atoms with Crippen LogP contribution < -0.4 is 16.0 Å². The number of amides is 4. The first kappa shape index (κ1) is 39.6. The molecule has 3 aromatic rings. The van der Waals surface area contributed by atoms with E-state index in [9.17, 15) is 24.0 Å². The van der Waals surface area contributed by atoms with Gasteiger partial charge in [0.15, 0.2) is 0 Å². The lowest BCUT2D eigenvalue weighted by Crippen LogP contribution is -2.59. The Morgan fingerprint density at radius 2 is 1.36 bits per heavy atom. The summed E-state index contributed by atoms with van der Waals surface area (Å²) >= 11 is 0. The summed E-state index contributed by atoms with van der Waals surface area (Å²) < 4.78 is 11.2. The second kappa shape index (κ2) is 17.5. The Labute approximate surface area is 311 Å². The molecule has 1 fully saturated rings. The molecule has 0 radical (unpaired) electrons. The van der Waals surface area contributed by atoms with E-state index in [-0.39, 0.29) is 37.4 Å². The summed E-state index contributed by atoms with van der Waals surface area (Å²) in [5, 5.41) is 11.0. The summed E-state index contributed by atoms with van der Waals surface area (Å²) in [7, 11) is 0. The van der Waals surface area contributed by atoms with Gasteiger partial charge in [0.1, 0.15) is 17.7 Å². The molecule has 3 N–H and O–H groups in total. The summed E-state index contributed by atoms with van der Waals surface area (Å²) in [4.78, 5) is 72.0. The molecule has 4 atom stereocenters. The third kappa shape index (κ3) is 10.5. The summed E-state index contributed by atoms with van der Waals surface area (Å²) in [5.41, 5.74) is 0.676. The fraction of sp³-hybridized carbons (Fsp3) is 0.488. The van der Waals surface area contributed by atoms with E-state index in [1.165, 1.54) is 0 Å². The molecule has 284 valence electrons. The van der Waals surface area contributed by atoms with Crippen LogP contribution in [-0.4, -0.2) is 102 Å². The van der Waals surface area contributed by atoms with Crippen molar-refractivity contribution < 1.29 is 33.4 Å². The van der Waals surface area contributed by atoms with E-state index in [4.69, 9.17) is 9.47 Å². The van der Waals surface area contributed by atoms with Crippen molar-refractivity contribution in [3.8, 4) is 0 Å². The Hall–Kier alpha value is -4.65. The Bertz CT molecular complexity index is 1730. The van der Waals surface area contributed by atoms with Gasteiger partial charge in [-0.2, -0.15) is 0 Å². The minimum atomic E-state index is -1.05. The molecule has 0 spiro atoms. The van der Waals surface area contributed by atoms with Gasteiger partial charge in [0.05, 0.1) is 36.5 Å². The zero-order valence-corrected chi connectivity index (χ0v) is 31.6. The summed E-state index contributed by atoms with van der Waals surface area (Å²) in [6.07, 6.45) is 0.331. The van der Waals surface area contributed by atoms with Crippen molar-refractivity contribution >= 4 is 40.4 Å². The van der Waals surface area contributed by atoms with Crippen molar-refractivity contribution in [2.45, 2.75) is 90.7 Å². The number of benzene rings is 3. The summed E-state index contributed by atoms with van der Waals surface area (Å²) in [6.45, 7) is 13.5. The lowest BCUT2D eigenvalue weighted by atomic mass is 9.99. The number of carbonyl (C=O) groups excluding carboxylic acids is 5. The second-order valence-corrected chi connectivity index (χ2v) is 15.3. The number of morpholine rings is 1. The molecular weight excluding hydrogens is 674 g/mol. The maximum absolute atomic E-state index is 14.2. The Morgan fingerprint density at radius 3 is 1.92 bits per heavy atom. The number of nitrogens with zero attached hydrogens (tertiary/aromatic N) is 2. The van der Waals surface area contributed by atoms with Crippen molar-refractivity contribution in [2.24, 2.45) is 5.92 Å². The number of fused-ring (bicyclic) bond motifs is 2. The van der Waals surface area contributed by atoms with Gasteiger partial charge in [-0.25, -0.2) is 0 Å². The third-order valence-corrected chi connectivity index (χ3v) is 9.46. The van der Waals surface area contributed by atoms with Gasteiger partial charge < -0.3 is 20.1 Å². The predicted octanol–water partition coefficient (Wildman–Crippen LogP) is 4.06. The standard InChI is InChI=1S/C41H53N5O7/c1-26(2)22-34(37(48)44-35(23-28-12-8-7-9-13-28)36(47)42-27(3)45-18-20-52-21-19-45)43-33(40(51)53-41(4,5)6)16-17-46-38(49)31-24-29-14-10-11-15-30(29)25-32(31)39(46)50/h7-15,24-27,33-35,43H,16-23H2,1-6H3,(H,42,47)(H,44,48)/t27?,33-,34+,35+/m1/s1. The molecule has 12 heteroatoms. The molecule has 12 nitrogen and oxygen atoms in total. The van der Waals surface area contributed by atoms with Crippen molar-refractivity contribution in [3.05, 3.63) is 83.4 Å². The average Bonchev–Trinajstić information content (AvgIpc) is 3.35. The van der Waals surface area contributed by atoms with E-state index >= 15 is 0 Å². The SMILES string of the molecule is CC(C)C[C@H](N[C@H](CCN1C(=O)c2cc3ccccc3cc2C1=O)C(=O)OC(C)(C)C)C(=O)N[C@@H](Cc1ccccc1)C(=O)NC(C)N1CCOCC1. The molecule has 1 saturated heterocycles. The van der Waals surface area contributed by atoms with Crippen LogP contribution in [0, 0.1) is 5.92 Å². The lowest BCUT2D eigenvalue weighted by Gasteiger charge is -2.34. The Morgan fingerprint density at radius 1 is 0.792 bits per heavy atom. The van der Waals surface area contributed by atoms with Crippen LogP contribution in [0.15, 0.2) is 66.7 Å². The number of rotatable bonds is 15. The first-order chi connectivity index (χ1) is 25.2. The second-order valence-electron chi connectivity index (χ2n) is 15.3. The highest BCUT2D eigenvalue weighted by atomic mass is 16.6. The quantitative estimate of drug-likeness (QED) is 0.156. The van der Waals surface area contributed by atoms with Gasteiger partial charge in [-0.05, 0) is 74.9 Å². The molecular formula is C41H53N5O7. The minimum Gasteiger partial charge on any atom is -0.459 e. The number of hydrogen-bond acceptors (Lipinski definition) is 9. The number of carbonyl (C=O) groups is 5. The van der Waals surface area contributed by atoms with Crippen LogP contribution in [-0.2, 0) is 30.3 Å². The fourth-order valence-corrected chi connectivity index (χ4v) is 6.74. The fourth-order valence-electron chi connectivity index (χ4n) is 6.74. The number of nitrogens with one attached hydrogen (secondary N) is 3. The summed E-state index contributed by atoms with van der Waals surface area (Å²) in [5.74, 6) is -2.22. The monoisotopic (exact) mass is 727 g/mol. The molecule has 0 aliphatic carbocycles. The highest BCUT2D eigenvalue weighted by Gasteiger charge is 2.38. The van der Waals surface area contributed by atoms with Crippen molar-refractivity contribution in [2.75, 3.05) is 32.8 Å². The van der Waals surface area contributed by atoms with E-state index in [1.54, 1.807) is 32.9 Å². The molecule has 1 unspecified atom stereocenters. The number of esters is 1. The molecule has 0 saturated carbocycles. The van der Waals surface area contributed by atoms with Crippen LogP contribution in [0.25, 0.3) is 10.8 Å². The minimum absolute atomic E-state index is 0.00672. The van der Waals surface area contributed by atoms with Gasteiger partial charge in [-0.3, -0.25) is 39.1 Å². The first-order valence-corrected chi connectivity index (χ1v) is 18.5. The van der Waals surface area contributed by atoms with Crippen LogP contribution in [0.1, 0.15) is 80.7 Å². The van der Waals surface area contributed by atoms with Crippen molar-refractivity contribution in [1.82, 2.24) is 25.8 Å². The number of ether oxygens (including phenoxy) is 2. The largest absolute Gasteiger partial charge is 0.459 e. The molecule has 2 heterocycles. The van der Waals surface area contributed by atoms with Gasteiger partial charge in [-0.1, -0.05) is 68.4 Å². The average molecular weight is 728 g/mol. The normalized spacial score (nSPS) is 17.3. The van der Waals surface area contributed by atoms with Crippen LogP contribution in [0.5, 0.6) is 0 Å². The lowest BCUT2D eigenvalue weighted by molar-refractivity contribution is -0.158. The van der Waals surface area contributed by atoms with E-state index in [0.29, 0.717) is 43.9 Å². The van der Waals surface area contributed by atoms with E-state index in [1.807, 2.05) is 75.4 Å². The third-order valence-electron chi connectivity index (χ3n) is 9.46. The highest BCUT2D eigenvalue weighted by molar-refractivity contribution is 6.23. The molecule has 2 aliphatic rings. The molecule has 2 aliphatic heterocycles. The predicted molar refractivity (Wildman–Crippen MR) is 202 cm³/mol. The van der Waals surface area contributed by atoms with Gasteiger partial charge >= 0.3 is 5.97 Å². The van der Waals surface area contributed by atoms with E-state index in [0.717, 1.165) is 21.2 Å². The molecule has 4 amide bonds. The first-order valence-electron chi connectivity index (χ1n) is 18.5. The maximum atomic E-state index is 14.2. The molecule has 53 heavy (non-hydrogen) atoms. The van der Waals surface area contributed by atoms with Gasteiger partial charge in [0.2, 0.25) is 11.8 Å². The van der Waals surface area contributed by atoms with Gasteiger partial charge in [0, 0.05) is 26.1 Å². The van der Waals surface area contributed by atoms with Crippen molar-refractivity contribution in [3.63, 3.8) is 0 Å².